The Labute approximate surface area is 186 Å². The summed E-state index contributed by atoms with van der Waals surface area (Å²) < 4.78 is 10.5. The Morgan fingerprint density at radius 1 is 1.27 bits per heavy atom. The van der Waals surface area contributed by atoms with E-state index < -0.39 is 5.97 Å². The van der Waals surface area contributed by atoms with E-state index >= 15 is 0 Å². The zero-order chi connectivity index (χ0) is 21.8. The molecule has 6 nitrogen and oxygen atoms in total. The number of fused-ring (bicyclic) bond motifs is 1. The van der Waals surface area contributed by atoms with Crippen molar-refractivity contribution in [2.45, 2.75) is 46.0 Å². The summed E-state index contributed by atoms with van der Waals surface area (Å²) in [6, 6.07) is 5.81. The van der Waals surface area contributed by atoms with Gasteiger partial charge in [-0.15, -0.1) is 11.3 Å². The van der Waals surface area contributed by atoms with E-state index in [9.17, 15) is 9.59 Å². The molecule has 0 saturated carbocycles. The van der Waals surface area contributed by atoms with Crippen LogP contribution in [0, 0.1) is 6.92 Å². The number of amides is 1. The van der Waals surface area contributed by atoms with Gasteiger partial charge in [-0.25, -0.2) is 4.79 Å². The summed E-state index contributed by atoms with van der Waals surface area (Å²) in [6.45, 7) is 6.14. The molecule has 0 unspecified atom stereocenters. The summed E-state index contributed by atoms with van der Waals surface area (Å²) in [5.41, 5.74) is 3.92. The van der Waals surface area contributed by atoms with Crippen molar-refractivity contribution in [3.05, 3.63) is 45.3 Å². The molecule has 30 heavy (non-hydrogen) atoms. The molecular formula is C22H26N2O4S2. The molecule has 1 aliphatic rings. The second-order valence-corrected chi connectivity index (χ2v) is 9.03. The van der Waals surface area contributed by atoms with Crippen LogP contribution in [0.1, 0.15) is 58.1 Å². The number of nitrogens with one attached hydrogen (secondary N) is 2. The highest BCUT2D eigenvalue weighted by Gasteiger charge is 2.27. The molecule has 0 saturated heterocycles. The molecule has 0 fully saturated rings. The molecule has 0 bridgehead atoms. The van der Waals surface area contributed by atoms with Crippen molar-refractivity contribution in [3.8, 4) is 5.75 Å². The molecule has 1 aromatic heterocycles. The number of hydrogen-bond acceptors (Lipinski definition) is 6. The zero-order valence-corrected chi connectivity index (χ0v) is 19.2. The van der Waals surface area contributed by atoms with E-state index in [4.69, 9.17) is 21.7 Å². The van der Waals surface area contributed by atoms with E-state index in [2.05, 4.69) is 24.5 Å². The summed E-state index contributed by atoms with van der Waals surface area (Å²) in [4.78, 5) is 25.6. The quantitative estimate of drug-likeness (QED) is 0.508. The Kier molecular flexibility index (Phi) is 7.10. The first-order valence-electron chi connectivity index (χ1n) is 9.87. The summed E-state index contributed by atoms with van der Waals surface area (Å²) in [5, 5.41) is 6.31. The molecule has 0 spiro atoms. The van der Waals surface area contributed by atoms with E-state index in [0.29, 0.717) is 22.2 Å². The summed E-state index contributed by atoms with van der Waals surface area (Å²) in [7, 11) is 1.36. The molecule has 0 radical (unpaired) electrons. The van der Waals surface area contributed by atoms with Gasteiger partial charge in [-0.3, -0.25) is 10.1 Å². The fourth-order valence-corrected chi connectivity index (χ4v) is 5.20. The predicted molar refractivity (Wildman–Crippen MR) is 123 cm³/mol. The highest BCUT2D eigenvalue weighted by molar-refractivity contribution is 7.80. The first-order chi connectivity index (χ1) is 14.3. The SMILES string of the molecule is COC(=O)c1c(NC(=S)NC(=O)COc2ccc(C(C)C)c(C)c2)sc2c1CCC2. The highest BCUT2D eigenvalue weighted by Crippen LogP contribution is 2.39. The second-order valence-electron chi connectivity index (χ2n) is 7.52. The van der Waals surface area contributed by atoms with Crippen LogP contribution in [0.4, 0.5) is 5.00 Å². The smallest absolute Gasteiger partial charge is 0.341 e. The topological polar surface area (TPSA) is 76.7 Å². The van der Waals surface area contributed by atoms with E-state index in [1.54, 1.807) is 0 Å². The lowest BCUT2D eigenvalue weighted by atomic mass is 9.98. The van der Waals surface area contributed by atoms with Crippen molar-refractivity contribution in [2.24, 2.45) is 0 Å². The molecule has 0 atom stereocenters. The summed E-state index contributed by atoms with van der Waals surface area (Å²) in [6.07, 6.45) is 2.81. The van der Waals surface area contributed by atoms with Gasteiger partial charge in [0.25, 0.3) is 5.91 Å². The number of thiocarbonyl (C=S) groups is 1. The first-order valence-corrected chi connectivity index (χ1v) is 11.1. The van der Waals surface area contributed by atoms with Gasteiger partial charge in [0.15, 0.2) is 11.7 Å². The van der Waals surface area contributed by atoms with Gasteiger partial charge in [0.1, 0.15) is 10.8 Å². The van der Waals surface area contributed by atoms with Crippen LogP contribution in [-0.4, -0.2) is 30.7 Å². The van der Waals surface area contributed by atoms with Gasteiger partial charge >= 0.3 is 5.97 Å². The van der Waals surface area contributed by atoms with E-state index in [0.717, 1.165) is 35.3 Å². The highest BCUT2D eigenvalue weighted by atomic mass is 32.1. The van der Waals surface area contributed by atoms with Crippen LogP contribution in [0.3, 0.4) is 0 Å². The number of carbonyl (C=O) groups excluding carboxylic acids is 2. The third-order valence-electron chi connectivity index (χ3n) is 5.02. The van der Waals surface area contributed by atoms with Crippen molar-refractivity contribution in [1.82, 2.24) is 5.32 Å². The standard InChI is InChI=1S/C22H26N2O4S2/c1-12(2)15-9-8-14(10-13(15)3)28-11-18(25)23-22(29)24-20-19(21(26)27-4)16-6-5-7-17(16)30-20/h8-10,12H,5-7,11H2,1-4H3,(H2,23,24,25,29). The molecular weight excluding hydrogens is 420 g/mol. The fourth-order valence-electron chi connectivity index (χ4n) is 3.64. The summed E-state index contributed by atoms with van der Waals surface area (Å²) in [5.74, 6) is 0.296. The van der Waals surface area contributed by atoms with Crippen LogP contribution >= 0.6 is 23.6 Å². The van der Waals surface area contributed by atoms with Gasteiger partial charge in [-0.1, -0.05) is 19.9 Å². The molecule has 0 aliphatic heterocycles. The van der Waals surface area contributed by atoms with Crippen LogP contribution < -0.4 is 15.4 Å². The number of benzene rings is 1. The number of aryl methyl sites for hydroxylation is 2. The molecule has 2 N–H and O–H groups in total. The average molecular weight is 447 g/mol. The van der Waals surface area contributed by atoms with Gasteiger partial charge in [-0.05, 0) is 73.1 Å². The molecule has 3 rings (SSSR count). The number of rotatable bonds is 6. The molecule has 160 valence electrons. The molecule has 1 heterocycles. The van der Waals surface area contributed by atoms with Gasteiger partial charge < -0.3 is 14.8 Å². The Bertz CT molecular complexity index is 982. The lowest BCUT2D eigenvalue weighted by Crippen LogP contribution is -2.37. The van der Waals surface area contributed by atoms with Gasteiger partial charge in [0.2, 0.25) is 0 Å². The fraction of sp³-hybridized carbons (Fsp3) is 0.409. The van der Waals surface area contributed by atoms with Gasteiger partial charge in [-0.2, -0.15) is 0 Å². The number of thiophene rings is 1. The molecule has 1 aromatic carbocycles. The molecule has 1 aliphatic carbocycles. The Morgan fingerprint density at radius 3 is 2.70 bits per heavy atom. The zero-order valence-electron chi connectivity index (χ0n) is 17.6. The number of methoxy groups -OCH3 is 1. The van der Waals surface area contributed by atoms with Crippen LogP contribution in [0.25, 0.3) is 0 Å². The Balaban J connectivity index is 1.57. The molecule has 1 amide bonds. The maximum atomic E-state index is 12.2. The Morgan fingerprint density at radius 2 is 2.03 bits per heavy atom. The lowest BCUT2D eigenvalue weighted by molar-refractivity contribution is -0.121. The largest absolute Gasteiger partial charge is 0.484 e. The van der Waals surface area contributed by atoms with Crippen molar-refractivity contribution >= 4 is 45.5 Å². The maximum absolute atomic E-state index is 12.2. The monoisotopic (exact) mass is 446 g/mol. The predicted octanol–water partition coefficient (Wildman–Crippen LogP) is 4.35. The number of ether oxygens (including phenoxy) is 2. The van der Waals surface area contributed by atoms with E-state index in [-0.39, 0.29) is 17.6 Å². The van der Waals surface area contributed by atoms with E-state index in [1.165, 1.54) is 24.0 Å². The minimum atomic E-state index is -0.394. The minimum Gasteiger partial charge on any atom is -0.484 e. The third-order valence-corrected chi connectivity index (χ3v) is 6.44. The van der Waals surface area contributed by atoms with E-state index in [1.807, 2.05) is 25.1 Å². The molecule has 8 heteroatoms. The lowest BCUT2D eigenvalue weighted by Gasteiger charge is -2.13. The van der Waals surface area contributed by atoms with Gasteiger partial charge in [0.05, 0.1) is 12.7 Å². The first kappa shape index (κ1) is 22.2. The average Bonchev–Trinajstić information content (AvgIpc) is 3.26. The van der Waals surface area contributed by atoms with Crippen LogP contribution in [0.5, 0.6) is 5.75 Å². The summed E-state index contributed by atoms with van der Waals surface area (Å²) >= 11 is 6.74. The van der Waals surface area contributed by atoms with Crippen molar-refractivity contribution in [2.75, 3.05) is 19.0 Å². The van der Waals surface area contributed by atoms with Crippen LogP contribution in [0.2, 0.25) is 0 Å². The molecule has 2 aromatic rings. The Hall–Kier alpha value is -2.45. The maximum Gasteiger partial charge on any atom is 0.341 e. The second kappa shape index (κ2) is 9.57. The van der Waals surface area contributed by atoms with Crippen molar-refractivity contribution in [1.29, 1.82) is 0 Å². The normalized spacial score (nSPS) is 12.4. The minimum absolute atomic E-state index is 0.125. The number of esters is 1. The van der Waals surface area contributed by atoms with Crippen LogP contribution in [-0.2, 0) is 22.4 Å². The van der Waals surface area contributed by atoms with Crippen molar-refractivity contribution in [3.63, 3.8) is 0 Å². The van der Waals surface area contributed by atoms with Crippen molar-refractivity contribution < 1.29 is 19.1 Å². The number of anilines is 1. The van der Waals surface area contributed by atoms with Crippen LogP contribution in [0.15, 0.2) is 18.2 Å². The third kappa shape index (κ3) is 4.99. The van der Waals surface area contributed by atoms with Gasteiger partial charge in [0, 0.05) is 4.88 Å². The number of carbonyl (C=O) groups is 2. The number of hydrogen-bond donors (Lipinski definition) is 2.